The molecule has 0 aliphatic rings. The van der Waals surface area contributed by atoms with Crippen LogP contribution in [0.25, 0.3) is 16.7 Å². The SMILES string of the molecule is Cc1cccc2c1nc(CCl)n2-c1cccc(F)c1. The molecule has 0 N–H and O–H groups in total. The van der Waals surface area contributed by atoms with Gasteiger partial charge in [-0.15, -0.1) is 11.6 Å². The van der Waals surface area contributed by atoms with E-state index < -0.39 is 0 Å². The number of aryl methyl sites for hydroxylation is 1. The van der Waals surface area contributed by atoms with Crippen molar-refractivity contribution in [1.82, 2.24) is 9.55 Å². The Balaban J connectivity index is 2.36. The topological polar surface area (TPSA) is 17.8 Å². The molecule has 0 unspecified atom stereocenters. The quantitative estimate of drug-likeness (QED) is 0.640. The molecule has 96 valence electrons. The van der Waals surface area contributed by atoms with Crippen LogP contribution in [0.1, 0.15) is 11.4 Å². The number of alkyl halides is 1. The molecule has 0 saturated carbocycles. The summed E-state index contributed by atoms with van der Waals surface area (Å²) < 4.78 is 15.3. The van der Waals surface area contributed by atoms with Gasteiger partial charge in [-0.25, -0.2) is 9.37 Å². The van der Waals surface area contributed by atoms with E-state index in [1.54, 1.807) is 6.07 Å². The number of hydrogen-bond acceptors (Lipinski definition) is 1. The molecule has 0 atom stereocenters. The molecule has 3 rings (SSSR count). The Morgan fingerprint density at radius 2 is 2.00 bits per heavy atom. The van der Waals surface area contributed by atoms with Gasteiger partial charge in [-0.05, 0) is 36.8 Å². The third kappa shape index (κ3) is 2.00. The fourth-order valence-corrected chi connectivity index (χ4v) is 2.46. The number of nitrogens with zero attached hydrogens (tertiary/aromatic N) is 2. The van der Waals surface area contributed by atoms with E-state index in [0.717, 1.165) is 28.1 Å². The maximum Gasteiger partial charge on any atom is 0.129 e. The van der Waals surface area contributed by atoms with E-state index in [0.29, 0.717) is 0 Å². The van der Waals surface area contributed by atoms with Crippen molar-refractivity contribution in [2.45, 2.75) is 12.8 Å². The average molecular weight is 275 g/mol. The standard InChI is InChI=1S/C15H12ClFN2/c1-10-4-2-7-13-15(10)18-14(9-16)19(13)12-6-3-5-11(17)8-12/h2-8H,9H2,1H3. The Morgan fingerprint density at radius 3 is 2.74 bits per heavy atom. The van der Waals surface area contributed by atoms with E-state index in [-0.39, 0.29) is 11.7 Å². The first-order valence-electron chi connectivity index (χ1n) is 5.99. The highest BCUT2D eigenvalue weighted by molar-refractivity contribution is 6.17. The lowest BCUT2D eigenvalue weighted by atomic mass is 10.2. The van der Waals surface area contributed by atoms with Crippen LogP contribution in [-0.2, 0) is 5.88 Å². The van der Waals surface area contributed by atoms with E-state index in [4.69, 9.17) is 11.6 Å². The lowest BCUT2D eigenvalue weighted by Gasteiger charge is -2.07. The summed E-state index contributed by atoms with van der Waals surface area (Å²) in [5.74, 6) is 0.731. The molecule has 0 saturated heterocycles. The number of benzene rings is 2. The Bertz CT molecular complexity index is 749. The molecule has 0 aliphatic heterocycles. The summed E-state index contributed by atoms with van der Waals surface area (Å²) in [5.41, 5.74) is 3.67. The summed E-state index contributed by atoms with van der Waals surface area (Å²) in [5, 5.41) is 0. The van der Waals surface area contributed by atoms with Crippen molar-refractivity contribution in [2.75, 3.05) is 0 Å². The van der Waals surface area contributed by atoms with E-state index in [2.05, 4.69) is 4.98 Å². The molecule has 4 heteroatoms. The van der Waals surface area contributed by atoms with Crippen LogP contribution in [0, 0.1) is 12.7 Å². The summed E-state index contributed by atoms with van der Waals surface area (Å²) in [6, 6.07) is 12.4. The molecule has 2 nitrogen and oxygen atoms in total. The van der Waals surface area contributed by atoms with Crippen molar-refractivity contribution in [2.24, 2.45) is 0 Å². The zero-order valence-corrected chi connectivity index (χ0v) is 11.2. The van der Waals surface area contributed by atoms with Crippen LogP contribution in [0.3, 0.4) is 0 Å². The van der Waals surface area contributed by atoms with Gasteiger partial charge in [0, 0.05) is 0 Å². The zero-order valence-electron chi connectivity index (χ0n) is 10.4. The molecular formula is C15H12ClFN2. The largest absolute Gasteiger partial charge is 0.295 e. The smallest absolute Gasteiger partial charge is 0.129 e. The molecule has 0 fully saturated rings. The van der Waals surface area contributed by atoms with Gasteiger partial charge < -0.3 is 0 Å². The first-order chi connectivity index (χ1) is 9.20. The second kappa shape index (κ2) is 4.67. The van der Waals surface area contributed by atoms with Crippen LogP contribution >= 0.6 is 11.6 Å². The van der Waals surface area contributed by atoms with Gasteiger partial charge in [0.2, 0.25) is 0 Å². The van der Waals surface area contributed by atoms with Crippen LogP contribution in [0.15, 0.2) is 42.5 Å². The summed E-state index contributed by atoms with van der Waals surface area (Å²) in [7, 11) is 0. The molecular weight excluding hydrogens is 263 g/mol. The van der Waals surface area contributed by atoms with Crippen LogP contribution in [0.2, 0.25) is 0 Å². The van der Waals surface area contributed by atoms with Crippen LogP contribution < -0.4 is 0 Å². The molecule has 0 amide bonds. The Morgan fingerprint density at radius 1 is 1.21 bits per heavy atom. The van der Waals surface area contributed by atoms with Gasteiger partial charge in [0.1, 0.15) is 11.6 Å². The minimum atomic E-state index is -0.271. The van der Waals surface area contributed by atoms with E-state index in [1.165, 1.54) is 12.1 Å². The number of para-hydroxylation sites is 1. The normalized spacial score (nSPS) is 11.1. The van der Waals surface area contributed by atoms with Crippen molar-refractivity contribution >= 4 is 22.6 Å². The minimum Gasteiger partial charge on any atom is -0.295 e. The van der Waals surface area contributed by atoms with Crippen molar-refractivity contribution < 1.29 is 4.39 Å². The highest BCUT2D eigenvalue weighted by Gasteiger charge is 2.13. The van der Waals surface area contributed by atoms with Gasteiger partial charge >= 0.3 is 0 Å². The van der Waals surface area contributed by atoms with Crippen molar-refractivity contribution in [3.05, 3.63) is 59.7 Å². The van der Waals surface area contributed by atoms with Crippen LogP contribution in [0.4, 0.5) is 4.39 Å². The van der Waals surface area contributed by atoms with Crippen molar-refractivity contribution in [3.63, 3.8) is 0 Å². The fraction of sp³-hybridized carbons (Fsp3) is 0.133. The maximum absolute atomic E-state index is 13.4. The van der Waals surface area contributed by atoms with Crippen molar-refractivity contribution in [3.8, 4) is 5.69 Å². The summed E-state index contributed by atoms with van der Waals surface area (Å²) >= 11 is 5.97. The van der Waals surface area contributed by atoms with Gasteiger partial charge in [-0.1, -0.05) is 18.2 Å². The minimum absolute atomic E-state index is 0.271. The molecule has 0 aliphatic carbocycles. The number of imidazole rings is 1. The molecule has 3 aromatic rings. The second-order valence-electron chi connectivity index (χ2n) is 4.42. The first-order valence-corrected chi connectivity index (χ1v) is 6.53. The molecule has 0 bridgehead atoms. The third-order valence-electron chi connectivity index (χ3n) is 3.14. The zero-order chi connectivity index (χ0) is 13.4. The monoisotopic (exact) mass is 274 g/mol. The highest BCUT2D eigenvalue weighted by atomic mass is 35.5. The van der Waals surface area contributed by atoms with E-state index in [9.17, 15) is 4.39 Å². The fourth-order valence-electron chi connectivity index (χ4n) is 2.28. The van der Waals surface area contributed by atoms with E-state index in [1.807, 2.05) is 35.8 Å². The second-order valence-corrected chi connectivity index (χ2v) is 4.69. The van der Waals surface area contributed by atoms with Crippen LogP contribution in [-0.4, -0.2) is 9.55 Å². The number of hydrogen-bond donors (Lipinski definition) is 0. The first kappa shape index (κ1) is 12.2. The number of fused-ring (bicyclic) bond motifs is 1. The van der Waals surface area contributed by atoms with Gasteiger partial charge in [-0.3, -0.25) is 4.57 Å². The highest BCUT2D eigenvalue weighted by Crippen LogP contribution is 2.25. The lowest BCUT2D eigenvalue weighted by Crippen LogP contribution is -1.99. The number of rotatable bonds is 2. The molecule has 1 aromatic heterocycles. The molecule has 19 heavy (non-hydrogen) atoms. The summed E-state index contributed by atoms with van der Waals surface area (Å²) in [6.45, 7) is 2.00. The molecule has 2 aromatic carbocycles. The van der Waals surface area contributed by atoms with Gasteiger partial charge in [-0.2, -0.15) is 0 Å². The molecule has 0 radical (unpaired) electrons. The number of aromatic nitrogens is 2. The molecule has 0 spiro atoms. The number of halogens is 2. The van der Waals surface area contributed by atoms with E-state index >= 15 is 0 Å². The molecule has 1 heterocycles. The van der Waals surface area contributed by atoms with Crippen LogP contribution in [0.5, 0.6) is 0 Å². The Kier molecular flexibility index (Phi) is 2.99. The van der Waals surface area contributed by atoms with Crippen molar-refractivity contribution in [1.29, 1.82) is 0 Å². The summed E-state index contributed by atoms with van der Waals surface area (Å²) in [4.78, 5) is 4.55. The third-order valence-corrected chi connectivity index (χ3v) is 3.38. The Hall–Kier alpha value is -1.87. The van der Waals surface area contributed by atoms with Gasteiger partial charge in [0.25, 0.3) is 0 Å². The Labute approximate surface area is 115 Å². The predicted octanol–water partition coefficient (Wildman–Crippen LogP) is 4.21. The van der Waals surface area contributed by atoms with Gasteiger partial charge in [0.15, 0.2) is 0 Å². The lowest BCUT2D eigenvalue weighted by molar-refractivity contribution is 0.626. The maximum atomic E-state index is 13.4. The average Bonchev–Trinajstić information content (AvgIpc) is 2.78. The predicted molar refractivity (Wildman–Crippen MR) is 75.3 cm³/mol. The van der Waals surface area contributed by atoms with Gasteiger partial charge in [0.05, 0.1) is 22.6 Å². The summed E-state index contributed by atoms with van der Waals surface area (Å²) in [6.07, 6.45) is 0.